The van der Waals surface area contributed by atoms with E-state index in [1.54, 1.807) is 0 Å². The first-order chi connectivity index (χ1) is 19.0. The SMILES string of the molecule is CCCCS(=O)(=O)N[C@@H](CNC(=O)[C@@H]1CC[C@@H]([C@@H](CCCN=C(N)N)NC(=O)OCc2ccccc2)O1)C(=O)O. The highest BCUT2D eigenvalue weighted by molar-refractivity contribution is 7.89. The van der Waals surface area contributed by atoms with Crippen LogP contribution in [0, 0.1) is 0 Å². The minimum absolute atomic E-state index is 0.0482. The smallest absolute Gasteiger partial charge is 0.407 e. The van der Waals surface area contributed by atoms with Gasteiger partial charge >= 0.3 is 12.1 Å². The molecule has 0 unspecified atom stereocenters. The Labute approximate surface area is 234 Å². The van der Waals surface area contributed by atoms with Gasteiger partial charge in [-0.25, -0.2) is 13.2 Å². The van der Waals surface area contributed by atoms with Gasteiger partial charge in [0.15, 0.2) is 5.96 Å². The van der Waals surface area contributed by atoms with E-state index >= 15 is 0 Å². The van der Waals surface area contributed by atoms with Crippen LogP contribution in [0.1, 0.15) is 51.0 Å². The summed E-state index contributed by atoms with van der Waals surface area (Å²) in [6.07, 6.45) is 0.662. The molecule has 40 heavy (non-hydrogen) atoms. The summed E-state index contributed by atoms with van der Waals surface area (Å²) in [4.78, 5) is 40.7. The van der Waals surface area contributed by atoms with Crippen LogP contribution in [0.4, 0.5) is 4.79 Å². The topological polar surface area (TPSA) is 225 Å². The molecule has 1 heterocycles. The number of hydrogen-bond donors (Lipinski definition) is 6. The Hall–Kier alpha value is -3.43. The van der Waals surface area contributed by atoms with Crippen molar-refractivity contribution in [2.24, 2.45) is 16.5 Å². The van der Waals surface area contributed by atoms with Crippen molar-refractivity contribution in [1.82, 2.24) is 15.4 Å². The maximum absolute atomic E-state index is 12.7. The molecule has 0 saturated carbocycles. The molecule has 0 radical (unpaired) electrons. The van der Waals surface area contributed by atoms with Crippen LogP contribution in [0.3, 0.4) is 0 Å². The Morgan fingerprint density at radius 1 is 1.18 bits per heavy atom. The van der Waals surface area contributed by atoms with Crippen molar-refractivity contribution >= 4 is 34.0 Å². The Kier molecular flexibility index (Phi) is 13.6. The number of carbonyl (C=O) groups excluding carboxylic acids is 2. The number of aliphatic carboxylic acids is 1. The first kappa shape index (κ1) is 32.8. The number of aliphatic imine (C=N–C) groups is 1. The number of nitrogens with zero attached hydrogens (tertiary/aromatic N) is 1. The molecule has 1 aromatic carbocycles. The summed E-state index contributed by atoms with van der Waals surface area (Å²) in [5.41, 5.74) is 11.6. The fourth-order valence-corrected chi connectivity index (χ4v) is 5.45. The molecule has 8 N–H and O–H groups in total. The zero-order chi connectivity index (χ0) is 29.5. The molecule has 0 bridgehead atoms. The van der Waals surface area contributed by atoms with E-state index in [4.69, 9.17) is 20.9 Å². The Balaban J connectivity index is 1.94. The number of carbonyl (C=O) groups is 3. The standard InChI is InChI=1S/C25H40N6O8S/c1-2-3-14-40(36,37)31-19(23(33)34)15-29-22(32)21-12-11-20(39-21)18(10-7-13-28-24(26)27)30-25(35)38-16-17-8-5-4-6-9-17/h4-6,8-9,18-21,31H,2-3,7,10-16H2,1H3,(H,29,32)(H,30,35)(H,33,34)(H4,26,27,28)/t18-,19+,20+,21+/m1/s1. The molecule has 4 atom stereocenters. The fourth-order valence-electron chi connectivity index (χ4n) is 4.04. The van der Waals surface area contributed by atoms with Crippen LogP contribution in [0.2, 0.25) is 0 Å². The number of rotatable bonds is 17. The average Bonchev–Trinajstić information content (AvgIpc) is 3.41. The first-order valence-corrected chi connectivity index (χ1v) is 14.8. The highest BCUT2D eigenvalue weighted by Gasteiger charge is 2.36. The summed E-state index contributed by atoms with van der Waals surface area (Å²) in [6, 6.07) is 7.15. The van der Waals surface area contributed by atoms with Gasteiger partial charge in [-0.15, -0.1) is 0 Å². The van der Waals surface area contributed by atoms with Gasteiger partial charge in [-0.05, 0) is 37.7 Å². The molecule has 1 aliphatic heterocycles. The second kappa shape index (κ2) is 16.6. The third-order valence-corrected chi connectivity index (χ3v) is 7.61. The van der Waals surface area contributed by atoms with Crippen LogP contribution in [-0.4, -0.2) is 80.6 Å². The normalized spacial score (nSPS) is 18.3. The fraction of sp³-hybridized carbons (Fsp3) is 0.600. The minimum atomic E-state index is -3.82. The molecule has 1 aromatic rings. The van der Waals surface area contributed by atoms with Gasteiger partial charge in [-0.1, -0.05) is 43.7 Å². The number of ether oxygens (including phenoxy) is 2. The molecule has 0 aliphatic carbocycles. The van der Waals surface area contributed by atoms with Gasteiger partial charge in [0, 0.05) is 13.1 Å². The number of nitrogens with two attached hydrogens (primary N) is 2. The van der Waals surface area contributed by atoms with Gasteiger partial charge < -0.3 is 36.7 Å². The van der Waals surface area contributed by atoms with Crippen molar-refractivity contribution in [3.05, 3.63) is 35.9 Å². The molecule has 14 nitrogen and oxygen atoms in total. The molecular formula is C25H40N6O8S. The molecular weight excluding hydrogens is 544 g/mol. The van der Waals surface area contributed by atoms with E-state index in [0.717, 1.165) is 5.56 Å². The van der Waals surface area contributed by atoms with Crippen molar-refractivity contribution in [2.45, 2.75) is 76.3 Å². The van der Waals surface area contributed by atoms with Gasteiger partial charge in [0.05, 0.1) is 17.9 Å². The predicted octanol–water partition coefficient (Wildman–Crippen LogP) is 0.172. The molecule has 1 saturated heterocycles. The maximum atomic E-state index is 12.7. The molecule has 1 aliphatic rings. The van der Waals surface area contributed by atoms with Crippen molar-refractivity contribution in [3.8, 4) is 0 Å². The van der Waals surface area contributed by atoms with Gasteiger partial charge in [0.1, 0.15) is 18.8 Å². The number of nitrogens with one attached hydrogen (secondary N) is 3. The van der Waals surface area contributed by atoms with E-state index in [1.807, 2.05) is 37.3 Å². The number of alkyl carbamates (subject to hydrolysis) is 1. The average molecular weight is 585 g/mol. The lowest BCUT2D eigenvalue weighted by Gasteiger charge is -2.25. The van der Waals surface area contributed by atoms with E-state index in [0.29, 0.717) is 45.1 Å². The zero-order valence-corrected chi connectivity index (χ0v) is 23.4. The van der Waals surface area contributed by atoms with Crippen molar-refractivity contribution in [2.75, 3.05) is 18.8 Å². The highest BCUT2D eigenvalue weighted by atomic mass is 32.2. The molecule has 224 valence electrons. The lowest BCUT2D eigenvalue weighted by molar-refractivity contribution is -0.139. The Bertz CT molecular complexity index is 1100. The number of benzene rings is 1. The maximum Gasteiger partial charge on any atom is 0.407 e. The third-order valence-electron chi connectivity index (χ3n) is 6.14. The summed E-state index contributed by atoms with van der Waals surface area (Å²) in [7, 11) is -3.82. The molecule has 2 rings (SSSR count). The molecule has 0 aromatic heterocycles. The summed E-state index contributed by atoms with van der Waals surface area (Å²) in [5, 5.41) is 14.7. The van der Waals surface area contributed by atoms with Crippen LogP contribution in [0.5, 0.6) is 0 Å². The largest absolute Gasteiger partial charge is 0.480 e. The van der Waals surface area contributed by atoms with Crippen LogP contribution < -0.4 is 26.8 Å². The van der Waals surface area contributed by atoms with Crippen LogP contribution in [0.15, 0.2) is 35.3 Å². The number of carboxylic acid groups (broad SMARTS) is 1. The quantitative estimate of drug-likeness (QED) is 0.0826. The number of hydrogen-bond acceptors (Lipinski definition) is 8. The van der Waals surface area contributed by atoms with E-state index < -0.39 is 58.8 Å². The second-order valence-electron chi connectivity index (χ2n) is 9.43. The lowest BCUT2D eigenvalue weighted by Crippen LogP contribution is -2.50. The number of guanidine groups is 1. The summed E-state index contributed by atoms with van der Waals surface area (Å²) in [6.45, 7) is 1.78. The molecule has 0 spiro atoms. The van der Waals surface area contributed by atoms with Crippen molar-refractivity contribution < 1.29 is 37.4 Å². The number of carboxylic acids is 1. The summed E-state index contributed by atoms with van der Waals surface area (Å²) in [5.74, 6) is -2.25. The monoisotopic (exact) mass is 584 g/mol. The van der Waals surface area contributed by atoms with E-state index in [2.05, 4.69) is 20.3 Å². The second-order valence-corrected chi connectivity index (χ2v) is 11.3. The zero-order valence-electron chi connectivity index (χ0n) is 22.6. The molecule has 2 amide bonds. The summed E-state index contributed by atoms with van der Waals surface area (Å²) < 4.78 is 37.6. The van der Waals surface area contributed by atoms with E-state index in [1.165, 1.54) is 0 Å². The van der Waals surface area contributed by atoms with Gasteiger partial charge in [0.25, 0.3) is 0 Å². The highest BCUT2D eigenvalue weighted by Crippen LogP contribution is 2.25. The lowest BCUT2D eigenvalue weighted by atomic mass is 10.0. The Morgan fingerprint density at radius 3 is 2.55 bits per heavy atom. The van der Waals surface area contributed by atoms with Crippen molar-refractivity contribution in [3.63, 3.8) is 0 Å². The number of sulfonamides is 1. The predicted molar refractivity (Wildman–Crippen MR) is 148 cm³/mol. The van der Waals surface area contributed by atoms with Crippen LogP contribution >= 0.6 is 0 Å². The van der Waals surface area contributed by atoms with Gasteiger partial charge in [-0.3, -0.25) is 14.6 Å². The van der Waals surface area contributed by atoms with Crippen LogP contribution in [-0.2, 0) is 35.7 Å². The van der Waals surface area contributed by atoms with Crippen molar-refractivity contribution in [1.29, 1.82) is 0 Å². The molecule has 1 fully saturated rings. The van der Waals surface area contributed by atoms with E-state index in [-0.39, 0.29) is 18.3 Å². The molecule has 15 heteroatoms. The van der Waals surface area contributed by atoms with Crippen LogP contribution in [0.25, 0.3) is 0 Å². The van der Waals surface area contributed by atoms with E-state index in [9.17, 15) is 27.9 Å². The van der Waals surface area contributed by atoms with Gasteiger partial charge in [0.2, 0.25) is 15.9 Å². The Morgan fingerprint density at radius 2 is 1.90 bits per heavy atom. The number of unbranched alkanes of at least 4 members (excludes halogenated alkanes) is 1. The third kappa shape index (κ3) is 12.2. The van der Waals surface area contributed by atoms with Gasteiger partial charge in [-0.2, -0.15) is 4.72 Å². The minimum Gasteiger partial charge on any atom is -0.480 e. The first-order valence-electron chi connectivity index (χ1n) is 13.2. The summed E-state index contributed by atoms with van der Waals surface area (Å²) >= 11 is 0. The number of amides is 2.